The zero-order valence-corrected chi connectivity index (χ0v) is 15.4. The first-order chi connectivity index (χ1) is 13.6. The number of aromatic nitrogens is 4. The van der Waals surface area contributed by atoms with Gasteiger partial charge in [-0.2, -0.15) is 5.10 Å². The van der Waals surface area contributed by atoms with Gasteiger partial charge in [0.1, 0.15) is 11.5 Å². The third-order valence-electron chi connectivity index (χ3n) is 4.72. The van der Waals surface area contributed by atoms with E-state index in [1.54, 1.807) is 10.9 Å². The molecule has 2 aromatic carbocycles. The Labute approximate surface area is 160 Å². The molecule has 28 heavy (non-hydrogen) atoms. The monoisotopic (exact) mass is 371 g/mol. The van der Waals surface area contributed by atoms with Crippen molar-refractivity contribution in [2.75, 3.05) is 5.73 Å². The number of hydrogen-bond acceptors (Lipinski definition) is 6. The van der Waals surface area contributed by atoms with Gasteiger partial charge in [-0.15, -0.1) is 0 Å². The molecule has 0 aliphatic carbocycles. The first-order valence-corrected chi connectivity index (χ1v) is 8.81. The number of para-hydroxylation sites is 1. The minimum absolute atomic E-state index is 0.356. The van der Waals surface area contributed by atoms with Crippen molar-refractivity contribution in [2.24, 2.45) is 7.05 Å². The average molecular weight is 371 g/mol. The summed E-state index contributed by atoms with van der Waals surface area (Å²) in [6.07, 6.45) is 1.75. The van der Waals surface area contributed by atoms with Crippen molar-refractivity contribution in [1.82, 2.24) is 19.9 Å². The molecule has 7 nitrogen and oxygen atoms in total. The van der Waals surface area contributed by atoms with Crippen LogP contribution in [0, 0.1) is 6.92 Å². The number of nitrogens with zero attached hydrogens (tertiary/aromatic N) is 4. The van der Waals surface area contributed by atoms with Crippen LogP contribution in [0.25, 0.3) is 33.3 Å². The number of fused-ring (bicyclic) bond motifs is 2. The van der Waals surface area contributed by atoms with Crippen LogP contribution in [0.15, 0.2) is 59.3 Å². The van der Waals surface area contributed by atoms with Crippen molar-refractivity contribution in [3.05, 3.63) is 60.3 Å². The number of hydrogen-bond donors (Lipinski definition) is 1. The summed E-state index contributed by atoms with van der Waals surface area (Å²) >= 11 is 0. The average Bonchev–Trinajstić information content (AvgIpc) is 3.27. The molecular weight excluding hydrogens is 354 g/mol. The van der Waals surface area contributed by atoms with Gasteiger partial charge in [-0.25, -0.2) is 4.98 Å². The zero-order chi connectivity index (χ0) is 19.3. The van der Waals surface area contributed by atoms with Gasteiger partial charge in [-0.3, -0.25) is 4.68 Å². The summed E-state index contributed by atoms with van der Waals surface area (Å²) < 4.78 is 13.3. The number of benzene rings is 2. The maximum Gasteiger partial charge on any atom is 0.178 e. The van der Waals surface area contributed by atoms with Crippen LogP contribution in [-0.4, -0.2) is 19.9 Å². The molecule has 0 radical (unpaired) electrons. The van der Waals surface area contributed by atoms with Crippen LogP contribution in [0.1, 0.15) is 5.56 Å². The molecule has 0 unspecified atom stereocenters. The number of nitrogen functional groups attached to an aromatic ring is 1. The van der Waals surface area contributed by atoms with E-state index in [-0.39, 0.29) is 0 Å². The first kappa shape index (κ1) is 16.3. The highest BCUT2D eigenvalue weighted by Gasteiger charge is 2.17. The predicted octanol–water partition coefficient (Wildman–Crippen LogP) is 4.46. The summed E-state index contributed by atoms with van der Waals surface area (Å²) in [5.41, 5.74) is 9.86. The Morgan fingerprint density at radius 2 is 1.89 bits per heavy atom. The van der Waals surface area contributed by atoms with E-state index in [9.17, 15) is 0 Å². The topological polar surface area (TPSA) is 92.0 Å². The Morgan fingerprint density at radius 1 is 1.07 bits per heavy atom. The van der Waals surface area contributed by atoms with Gasteiger partial charge >= 0.3 is 0 Å². The summed E-state index contributed by atoms with van der Waals surface area (Å²) in [5, 5.41) is 9.79. The van der Waals surface area contributed by atoms with E-state index in [0.717, 1.165) is 22.1 Å². The van der Waals surface area contributed by atoms with Gasteiger partial charge in [-0.05, 0) is 31.2 Å². The van der Waals surface area contributed by atoms with Gasteiger partial charge < -0.3 is 15.0 Å². The van der Waals surface area contributed by atoms with Crippen molar-refractivity contribution in [1.29, 1.82) is 0 Å². The standard InChI is InChI=1S/C21H17N5O2/c1-12-6-8-13(9-7-12)27-18-10-17(24-21-16(18)11-23-26(21)2)14-4-3-5-15-19(14)28-25-20(15)22/h3-11H,1-2H3,(H2,22,25). The number of nitrogens with two attached hydrogens (primary N) is 1. The van der Waals surface area contributed by atoms with E-state index < -0.39 is 0 Å². The number of pyridine rings is 1. The lowest BCUT2D eigenvalue weighted by molar-refractivity contribution is 0.461. The van der Waals surface area contributed by atoms with Crippen LogP contribution in [0.4, 0.5) is 5.82 Å². The molecule has 0 aliphatic rings. The SMILES string of the molecule is Cc1ccc(Oc2cc(-c3cccc4c(N)noc34)nc3c2cnn3C)cc1. The van der Waals surface area contributed by atoms with E-state index in [0.29, 0.717) is 28.5 Å². The molecule has 7 heteroatoms. The fraction of sp³-hybridized carbons (Fsp3) is 0.0952. The second-order valence-electron chi connectivity index (χ2n) is 6.68. The maximum atomic E-state index is 6.18. The summed E-state index contributed by atoms with van der Waals surface area (Å²) in [4.78, 5) is 4.77. The molecule has 0 fully saturated rings. The van der Waals surface area contributed by atoms with Crippen molar-refractivity contribution >= 4 is 27.8 Å². The first-order valence-electron chi connectivity index (χ1n) is 8.81. The third kappa shape index (κ3) is 2.56. The highest BCUT2D eigenvalue weighted by molar-refractivity contribution is 5.98. The molecule has 0 saturated heterocycles. The molecule has 0 atom stereocenters. The number of aryl methyl sites for hydroxylation is 2. The molecule has 0 amide bonds. The Kier molecular flexibility index (Phi) is 3.55. The van der Waals surface area contributed by atoms with E-state index >= 15 is 0 Å². The van der Waals surface area contributed by atoms with Gasteiger partial charge in [0.25, 0.3) is 0 Å². The van der Waals surface area contributed by atoms with Crippen LogP contribution in [0.5, 0.6) is 11.5 Å². The molecule has 5 rings (SSSR count). The second kappa shape index (κ2) is 6.09. The molecule has 0 spiro atoms. The molecule has 0 aliphatic heterocycles. The fourth-order valence-corrected chi connectivity index (χ4v) is 3.22. The van der Waals surface area contributed by atoms with Crippen molar-refractivity contribution in [3.8, 4) is 22.8 Å². The van der Waals surface area contributed by atoms with Gasteiger partial charge in [-0.1, -0.05) is 28.9 Å². The molecule has 2 N–H and O–H groups in total. The van der Waals surface area contributed by atoms with Crippen LogP contribution in [0.2, 0.25) is 0 Å². The number of ether oxygens (including phenoxy) is 1. The lowest BCUT2D eigenvalue weighted by Crippen LogP contribution is -1.95. The smallest absolute Gasteiger partial charge is 0.178 e. The largest absolute Gasteiger partial charge is 0.456 e. The number of rotatable bonds is 3. The molecule has 0 saturated carbocycles. The molecule has 5 aromatic rings. The van der Waals surface area contributed by atoms with Gasteiger partial charge in [0.05, 0.1) is 22.7 Å². The van der Waals surface area contributed by atoms with Crippen LogP contribution < -0.4 is 10.5 Å². The minimum atomic E-state index is 0.356. The quantitative estimate of drug-likeness (QED) is 0.503. The van der Waals surface area contributed by atoms with Gasteiger partial charge in [0, 0.05) is 18.7 Å². The van der Waals surface area contributed by atoms with E-state index in [1.807, 2.05) is 62.5 Å². The summed E-state index contributed by atoms with van der Waals surface area (Å²) in [7, 11) is 1.85. The molecule has 138 valence electrons. The number of anilines is 1. The van der Waals surface area contributed by atoms with E-state index in [2.05, 4.69) is 10.3 Å². The zero-order valence-electron chi connectivity index (χ0n) is 15.4. The van der Waals surface area contributed by atoms with Gasteiger partial charge in [0.2, 0.25) is 0 Å². The summed E-state index contributed by atoms with van der Waals surface area (Å²) in [5.74, 6) is 1.77. The fourth-order valence-electron chi connectivity index (χ4n) is 3.22. The van der Waals surface area contributed by atoms with Crippen molar-refractivity contribution < 1.29 is 9.26 Å². The molecular formula is C21H17N5O2. The Bertz CT molecular complexity index is 1320. The Morgan fingerprint density at radius 3 is 2.71 bits per heavy atom. The highest BCUT2D eigenvalue weighted by atomic mass is 16.5. The van der Waals surface area contributed by atoms with Crippen LogP contribution in [0.3, 0.4) is 0 Å². The van der Waals surface area contributed by atoms with Crippen LogP contribution in [-0.2, 0) is 7.05 Å². The highest BCUT2D eigenvalue weighted by Crippen LogP contribution is 2.36. The second-order valence-corrected chi connectivity index (χ2v) is 6.68. The lowest BCUT2D eigenvalue weighted by atomic mass is 10.1. The third-order valence-corrected chi connectivity index (χ3v) is 4.72. The van der Waals surface area contributed by atoms with Gasteiger partial charge in [0.15, 0.2) is 17.0 Å². The lowest BCUT2D eigenvalue weighted by Gasteiger charge is -2.10. The normalized spacial score (nSPS) is 11.4. The summed E-state index contributed by atoms with van der Waals surface area (Å²) in [6, 6.07) is 15.5. The predicted molar refractivity (Wildman–Crippen MR) is 107 cm³/mol. The van der Waals surface area contributed by atoms with Crippen molar-refractivity contribution in [2.45, 2.75) is 6.92 Å². The Balaban J connectivity index is 1.71. The minimum Gasteiger partial charge on any atom is -0.456 e. The maximum absolute atomic E-state index is 6.18. The van der Waals surface area contributed by atoms with E-state index in [1.165, 1.54) is 5.56 Å². The van der Waals surface area contributed by atoms with Crippen molar-refractivity contribution in [3.63, 3.8) is 0 Å². The molecule has 3 heterocycles. The Hall–Kier alpha value is -3.87. The van der Waals surface area contributed by atoms with Crippen LogP contribution >= 0.6 is 0 Å². The summed E-state index contributed by atoms with van der Waals surface area (Å²) in [6.45, 7) is 2.04. The molecule has 3 aromatic heterocycles. The molecule has 0 bridgehead atoms. The van der Waals surface area contributed by atoms with E-state index in [4.69, 9.17) is 20.0 Å².